The van der Waals surface area contributed by atoms with Crippen LogP contribution in [0.15, 0.2) is 24.5 Å². The first-order valence-corrected chi connectivity index (χ1v) is 7.76. The Balaban J connectivity index is 2.07. The molecule has 2 rings (SSSR count). The summed E-state index contributed by atoms with van der Waals surface area (Å²) in [6.07, 6.45) is 3.20. The minimum Gasteiger partial charge on any atom is -0.390 e. The predicted molar refractivity (Wildman–Crippen MR) is 83.9 cm³/mol. The van der Waals surface area contributed by atoms with E-state index in [2.05, 4.69) is 30.7 Å². The molecule has 1 fully saturated rings. The highest BCUT2D eigenvalue weighted by Crippen LogP contribution is 2.42. The Morgan fingerprint density at radius 2 is 1.81 bits per heavy atom. The van der Waals surface area contributed by atoms with Gasteiger partial charge in [-0.3, -0.25) is 9.88 Å². The lowest BCUT2D eigenvalue weighted by molar-refractivity contribution is -0.0913. The highest BCUT2D eigenvalue weighted by Gasteiger charge is 2.53. The lowest BCUT2D eigenvalue weighted by Crippen LogP contribution is -2.43. The average Bonchev–Trinajstić information content (AvgIpc) is 2.57. The molecule has 1 aromatic rings. The third-order valence-electron chi connectivity index (χ3n) is 4.57. The molecule has 0 bridgehead atoms. The fourth-order valence-electron chi connectivity index (χ4n) is 3.33. The zero-order valence-corrected chi connectivity index (χ0v) is 13.8. The van der Waals surface area contributed by atoms with Gasteiger partial charge in [-0.05, 0) is 51.9 Å². The topological polar surface area (TPSA) is 45.6 Å². The molecule has 4 heteroatoms. The van der Waals surface area contributed by atoms with Crippen LogP contribution in [0.3, 0.4) is 0 Å². The van der Waals surface area contributed by atoms with Gasteiger partial charge in [0.05, 0.1) is 17.3 Å². The van der Waals surface area contributed by atoms with Crippen LogP contribution in [0.4, 0.5) is 0 Å². The number of hydrogen-bond donors (Lipinski definition) is 1. The number of pyridine rings is 1. The molecule has 4 nitrogen and oxygen atoms in total. The third kappa shape index (κ3) is 3.62. The molecule has 1 aliphatic rings. The van der Waals surface area contributed by atoms with Crippen molar-refractivity contribution in [3.63, 3.8) is 0 Å². The minimum absolute atomic E-state index is 0.106. The lowest BCUT2D eigenvalue weighted by atomic mass is 9.84. The van der Waals surface area contributed by atoms with Crippen molar-refractivity contribution in [1.82, 2.24) is 9.88 Å². The smallest absolute Gasteiger partial charge is 0.0896 e. The van der Waals surface area contributed by atoms with Crippen molar-refractivity contribution in [2.75, 3.05) is 13.1 Å². The number of hydrogen-bond acceptors (Lipinski definition) is 4. The predicted octanol–water partition coefficient (Wildman–Crippen LogP) is 2.47. The first kappa shape index (κ1) is 16.4. The van der Waals surface area contributed by atoms with Crippen LogP contribution >= 0.6 is 0 Å². The fourth-order valence-corrected chi connectivity index (χ4v) is 3.33. The first-order chi connectivity index (χ1) is 9.76. The van der Waals surface area contributed by atoms with Gasteiger partial charge in [0.25, 0.3) is 0 Å². The summed E-state index contributed by atoms with van der Waals surface area (Å²) in [4.78, 5) is 6.41. The molecule has 2 atom stereocenters. The van der Waals surface area contributed by atoms with E-state index in [1.807, 2.05) is 38.4 Å². The normalized spacial score (nSPS) is 27.2. The highest BCUT2D eigenvalue weighted by atomic mass is 16.5. The van der Waals surface area contributed by atoms with E-state index in [4.69, 9.17) is 4.74 Å². The van der Waals surface area contributed by atoms with Crippen molar-refractivity contribution in [1.29, 1.82) is 0 Å². The molecule has 21 heavy (non-hydrogen) atoms. The Morgan fingerprint density at radius 3 is 2.29 bits per heavy atom. The number of ether oxygens (including phenoxy) is 1. The Bertz CT molecular complexity index is 459. The van der Waals surface area contributed by atoms with E-state index >= 15 is 0 Å². The molecular formula is C17H28N2O2. The summed E-state index contributed by atoms with van der Waals surface area (Å²) in [5.74, 6) is 0.106. The van der Waals surface area contributed by atoms with E-state index in [-0.39, 0.29) is 11.5 Å². The standard InChI is InChI=1S/C17H28N2O2/c1-6-19(11-13-7-9-18-10-8-13)12-14-15(20)17(4,5)21-16(14,2)3/h7-10,14-15,20H,6,11-12H2,1-5H3. The van der Waals surface area contributed by atoms with Gasteiger partial charge in [0.2, 0.25) is 0 Å². The van der Waals surface area contributed by atoms with E-state index in [1.54, 1.807) is 0 Å². The minimum atomic E-state index is -0.482. The molecular weight excluding hydrogens is 264 g/mol. The SMILES string of the molecule is CCN(Cc1ccncc1)CC1C(O)C(C)(C)OC1(C)C. The van der Waals surface area contributed by atoms with Gasteiger partial charge in [-0.1, -0.05) is 6.92 Å². The molecule has 0 amide bonds. The summed E-state index contributed by atoms with van der Waals surface area (Å²) in [6, 6.07) is 4.08. The quantitative estimate of drug-likeness (QED) is 0.905. The third-order valence-corrected chi connectivity index (χ3v) is 4.57. The first-order valence-electron chi connectivity index (χ1n) is 7.76. The lowest BCUT2D eigenvalue weighted by Gasteiger charge is -2.32. The van der Waals surface area contributed by atoms with Crippen LogP contribution in [0.2, 0.25) is 0 Å². The van der Waals surface area contributed by atoms with Gasteiger partial charge >= 0.3 is 0 Å². The fraction of sp³-hybridized carbons (Fsp3) is 0.706. The van der Waals surface area contributed by atoms with Crippen molar-refractivity contribution < 1.29 is 9.84 Å². The van der Waals surface area contributed by atoms with Gasteiger partial charge in [0.1, 0.15) is 0 Å². The maximum atomic E-state index is 10.6. The van der Waals surface area contributed by atoms with Crippen LogP contribution in [0, 0.1) is 5.92 Å². The highest BCUT2D eigenvalue weighted by molar-refractivity contribution is 5.10. The second-order valence-electron chi connectivity index (χ2n) is 7.04. The monoisotopic (exact) mass is 292 g/mol. The van der Waals surface area contributed by atoms with Crippen LogP contribution in [-0.2, 0) is 11.3 Å². The molecule has 0 aliphatic carbocycles. The van der Waals surface area contributed by atoms with Gasteiger partial charge in [-0.15, -0.1) is 0 Å². The summed E-state index contributed by atoms with van der Waals surface area (Å²) in [7, 11) is 0. The molecule has 2 unspecified atom stereocenters. The summed E-state index contributed by atoms with van der Waals surface area (Å²) < 4.78 is 6.07. The summed E-state index contributed by atoms with van der Waals surface area (Å²) >= 11 is 0. The van der Waals surface area contributed by atoms with E-state index in [0.29, 0.717) is 0 Å². The molecule has 0 saturated carbocycles. The number of aromatic nitrogens is 1. The van der Waals surface area contributed by atoms with E-state index in [0.717, 1.165) is 19.6 Å². The van der Waals surface area contributed by atoms with Gasteiger partial charge in [0, 0.05) is 31.4 Å². The summed E-state index contributed by atoms with van der Waals surface area (Å²) in [6.45, 7) is 12.9. The summed E-state index contributed by atoms with van der Waals surface area (Å²) in [5, 5.41) is 10.6. The maximum absolute atomic E-state index is 10.6. The number of aliphatic hydroxyl groups excluding tert-OH is 1. The molecule has 1 aliphatic heterocycles. The van der Waals surface area contributed by atoms with Crippen LogP contribution < -0.4 is 0 Å². The Labute approximate surface area is 128 Å². The van der Waals surface area contributed by atoms with Crippen LogP contribution in [0.5, 0.6) is 0 Å². The molecule has 0 spiro atoms. The molecule has 118 valence electrons. The number of nitrogens with zero attached hydrogens (tertiary/aromatic N) is 2. The van der Waals surface area contributed by atoms with E-state index in [1.165, 1.54) is 5.56 Å². The van der Waals surface area contributed by atoms with Crippen molar-refractivity contribution in [3.05, 3.63) is 30.1 Å². The molecule has 0 radical (unpaired) electrons. The van der Waals surface area contributed by atoms with Crippen LogP contribution in [0.25, 0.3) is 0 Å². The Kier molecular flexibility index (Phi) is 4.71. The molecule has 2 heterocycles. The van der Waals surface area contributed by atoms with E-state index in [9.17, 15) is 5.11 Å². The second-order valence-corrected chi connectivity index (χ2v) is 7.04. The Morgan fingerprint density at radius 1 is 1.19 bits per heavy atom. The number of aliphatic hydroxyl groups is 1. The zero-order valence-electron chi connectivity index (χ0n) is 13.8. The van der Waals surface area contributed by atoms with Gasteiger partial charge in [0.15, 0.2) is 0 Å². The van der Waals surface area contributed by atoms with Crippen molar-refractivity contribution >= 4 is 0 Å². The number of rotatable bonds is 5. The van der Waals surface area contributed by atoms with Gasteiger partial charge < -0.3 is 9.84 Å². The van der Waals surface area contributed by atoms with Gasteiger partial charge in [-0.2, -0.15) is 0 Å². The summed E-state index contributed by atoms with van der Waals surface area (Å²) in [5.41, 5.74) is 0.455. The second kappa shape index (κ2) is 6.03. The van der Waals surface area contributed by atoms with Crippen molar-refractivity contribution in [3.8, 4) is 0 Å². The van der Waals surface area contributed by atoms with Crippen LogP contribution in [0.1, 0.15) is 40.2 Å². The van der Waals surface area contributed by atoms with E-state index < -0.39 is 11.7 Å². The van der Waals surface area contributed by atoms with Gasteiger partial charge in [-0.25, -0.2) is 0 Å². The molecule has 1 saturated heterocycles. The maximum Gasteiger partial charge on any atom is 0.0896 e. The average molecular weight is 292 g/mol. The zero-order chi connectivity index (χ0) is 15.7. The molecule has 1 N–H and O–H groups in total. The largest absolute Gasteiger partial charge is 0.390 e. The molecule has 1 aromatic heterocycles. The van der Waals surface area contributed by atoms with Crippen LogP contribution in [-0.4, -0.2) is 45.4 Å². The van der Waals surface area contributed by atoms with Crippen molar-refractivity contribution in [2.45, 2.75) is 58.5 Å². The molecule has 0 aromatic carbocycles. The Hall–Kier alpha value is -0.970. The van der Waals surface area contributed by atoms with Crippen molar-refractivity contribution in [2.24, 2.45) is 5.92 Å².